The van der Waals surface area contributed by atoms with Crippen LogP contribution in [0.25, 0.3) is 0 Å². The molecule has 0 saturated heterocycles. The first-order chi connectivity index (χ1) is 9.15. The molecule has 100 valence electrons. The maximum atomic E-state index is 6.03. The summed E-state index contributed by atoms with van der Waals surface area (Å²) in [6.07, 6.45) is 1.63. The lowest BCUT2D eigenvalue weighted by Gasteiger charge is -2.17. The summed E-state index contributed by atoms with van der Waals surface area (Å²) in [5, 5.41) is 4.43. The average molecular weight is 297 g/mol. The SMILES string of the molecule is CNC(c1ccc(Cl)c(OC)c1)c1ccc(Cl)cn1. The molecule has 0 aliphatic rings. The van der Waals surface area contributed by atoms with Crippen molar-refractivity contribution in [3.63, 3.8) is 0 Å². The van der Waals surface area contributed by atoms with E-state index in [1.165, 1.54) is 0 Å². The van der Waals surface area contributed by atoms with Crippen LogP contribution in [0.2, 0.25) is 10.0 Å². The fraction of sp³-hybridized carbons (Fsp3) is 0.214. The molecular formula is C14H14Cl2N2O. The molecule has 2 rings (SSSR count). The fourth-order valence-corrected chi connectivity index (χ4v) is 2.21. The van der Waals surface area contributed by atoms with E-state index in [0.29, 0.717) is 15.8 Å². The number of nitrogens with zero attached hydrogens (tertiary/aromatic N) is 1. The summed E-state index contributed by atoms with van der Waals surface area (Å²) >= 11 is 11.9. The van der Waals surface area contributed by atoms with Crippen molar-refractivity contribution in [3.8, 4) is 5.75 Å². The number of ether oxygens (including phenoxy) is 1. The van der Waals surface area contributed by atoms with Crippen LogP contribution in [0.5, 0.6) is 5.75 Å². The lowest BCUT2D eigenvalue weighted by Crippen LogP contribution is -2.18. The summed E-state index contributed by atoms with van der Waals surface area (Å²) in [7, 11) is 3.47. The number of pyridine rings is 1. The normalized spacial score (nSPS) is 12.2. The van der Waals surface area contributed by atoms with E-state index in [1.807, 2.05) is 37.4 Å². The minimum Gasteiger partial charge on any atom is -0.495 e. The average Bonchev–Trinajstić information content (AvgIpc) is 2.43. The van der Waals surface area contributed by atoms with Gasteiger partial charge in [-0.05, 0) is 36.9 Å². The minimum absolute atomic E-state index is 0.0385. The van der Waals surface area contributed by atoms with E-state index < -0.39 is 0 Å². The molecular weight excluding hydrogens is 283 g/mol. The van der Waals surface area contributed by atoms with E-state index in [9.17, 15) is 0 Å². The summed E-state index contributed by atoms with van der Waals surface area (Å²) < 4.78 is 5.23. The third-order valence-corrected chi connectivity index (χ3v) is 3.38. The lowest BCUT2D eigenvalue weighted by atomic mass is 10.0. The topological polar surface area (TPSA) is 34.1 Å². The molecule has 5 heteroatoms. The molecule has 2 aromatic rings. The zero-order valence-electron chi connectivity index (χ0n) is 10.7. The van der Waals surface area contributed by atoms with Crippen molar-refractivity contribution in [2.45, 2.75) is 6.04 Å². The van der Waals surface area contributed by atoms with E-state index in [0.717, 1.165) is 11.3 Å². The van der Waals surface area contributed by atoms with Gasteiger partial charge >= 0.3 is 0 Å². The Morgan fingerprint density at radius 2 is 2.00 bits per heavy atom. The standard InChI is InChI=1S/C14H14Cl2N2O/c1-17-14(12-6-4-10(15)8-18-12)9-3-5-11(16)13(7-9)19-2/h3-8,14,17H,1-2H3. The number of nitrogens with one attached hydrogen (secondary N) is 1. The van der Waals surface area contributed by atoms with Gasteiger partial charge in [0.2, 0.25) is 0 Å². The highest BCUT2D eigenvalue weighted by Gasteiger charge is 2.15. The van der Waals surface area contributed by atoms with Crippen LogP contribution in [-0.4, -0.2) is 19.1 Å². The number of benzene rings is 1. The molecule has 0 aliphatic heterocycles. The van der Waals surface area contributed by atoms with Gasteiger partial charge in [-0.15, -0.1) is 0 Å². The minimum atomic E-state index is -0.0385. The summed E-state index contributed by atoms with van der Waals surface area (Å²) in [5.41, 5.74) is 1.91. The van der Waals surface area contributed by atoms with Crippen molar-refractivity contribution < 1.29 is 4.74 Å². The number of hydrogen-bond donors (Lipinski definition) is 1. The van der Waals surface area contributed by atoms with Crippen molar-refractivity contribution in [2.75, 3.05) is 14.2 Å². The highest BCUT2D eigenvalue weighted by Crippen LogP contribution is 2.29. The van der Waals surface area contributed by atoms with Crippen LogP contribution < -0.4 is 10.1 Å². The van der Waals surface area contributed by atoms with Gasteiger partial charge in [0.15, 0.2) is 0 Å². The quantitative estimate of drug-likeness (QED) is 0.934. The third kappa shape index (κ3) is 3.18. The summed E-state index contributed by atoms with van der Waals surface area (Å²) in [4.78, 5) is 4.34. The van der Waals surface area contributed by atoms with Gasteiger partial charge in [0.1, 0.15) is 5.75 Å². The van der Waals surface area contributed by atoms with E-state index in [4.69, 9.17) is 27.9 Å². The number of aromatic nitrogens is 1. The lowest BCUT2D eigenvalue weighted by molar-refractivity contribution is 0.414. The Bertz CT molecular complexity index is 558. The van der Waals surface area contributed by atoms with Crippen LogP contribution in [0.4, 0.5) is 0 Å². The van der Waals surface area contributed by atoms with E-state index in [1.54, 1.807) is 13.3 Å². The first-order valence-corrected chi connectivity index (χ1v) is 6.53. The Kier molecular flexibility index (Phi) is 4.64. The first-order valence-electron chi connectivity index (χ1n) is 5.78. The Hall–Kier alpha value is -1.29. The second-order valence-electron chi connectivity index (χ2n) is 4.02. The van der Waals surface area contributed by atoms with Gasteiger partial charge < -0.3 is 10.1 Å². The first kappa shape index (κ1) is 14.1. The van der Waals surface area contributed by atoms with Crippen molar-refractivity contribution >= 4 is 23.2 Å². The Morgan fingerprint density at radius 3 is 2.58 bits per heavy atom. The van der Waals surface area contributed by atoms with Crippen LogP contribution >= 0.6 is 23.2 Å². The van der Waals surface area contributed by atoms with Crippen LogP contribution in [0, 0.1) is 0 Å². The van der Waals surface area contributed by atoms with Gasteiger partial charge in [-0.25, -0.2) is 0 Å². The smallest absolute Gasteiger partial charge is 0.137 e. The molecule has 1 heterocycles. The maximum Gasteiger partial charge on any atom is 0.137 e. The molecule has 1 N–H and O–H groups in total. The highest BCUT2D eigenvalue weighted by molar-refractivity contribution is 6.32. The number of halogens is 2. The summed E-state index contributed by atoms with van der Waals surface area (Å²) in [5.74, 6) is 0.647. The molecule has 0 fully saturated rings. The molecule has 0 bridgehead atoms. The maximum absolute atomic E-state index is 6.03. The molecule has 0 saturated carbocycles. The largest absolute Gasteiger partial charge is 0.495 e. The van der Waals surface area contributed by atoms with Crippen LogP contribution in [0.15, 0.2) is 36.5 Å². The predicted octanol–water partition coefficient (Wildman–Crippen LogP) is 3.71. The molecule has 1 aromatic heterocycles. The molecule has 19 heavy (non-hydrogen) atoms. The van der Waals surface area contributed by atoms with Crippen molar-refractivity contribution in [1.82, 2.24) is 10.3 Å². The van der Waals surface area contributed by atoms with Gasteiger partial charge in [-0.3, -0.25) is 4.98 Å². The van der Waals surface area contributed by atoms with Crippen LogP contribution in [0.1, 0.15) is 17.3 Å². The van der Waals surface area contributed by atoms with E-state index in [-0.39, 0.29) is 6.04 Å². The molecule has 0 amide bonds. The Labute approximate surface area is 122 Å². The molecule has 0 radical (unpaired) electrons. The monoisotopic (exact) mass is 296 g/mol. The second-order valence-corrected chi connectivity index (χ2v) is 4.86. The zero-order chi connectivity index (χ0) is 13.8. The van der Waals surface area contributed by atoms with Crippen molar-refractivity contribution in [3.05, 3.63) is 57.8 Å². The van der Waals surface area contributed by atoms with Gasteiger partial charge in [-0.1, -0.05) is 29.3 Å². The van der Waals surface area contributed by atoms with Crippen molar-refractivity contribution in [1.29, 1.82) is 0 Å². The van der Waals surface area contributed by atoms with Gasteiger partial charge in [-0.2, -0.15) is 0 Å². The summed E-state index contributed by atoms with van der Waals surface area (Å²) in [6, 6.07) is 9.34. The molecule has 3 nitrogen and oxygen atoms in total. The van der Waals surface area contributed by atoms with Crippen LogP contribution in [0.3, 0.4) is 0 Å². The van der Waals surface area contributed by atoms with Gasteiger partial charge in [0.05, 0.1) is 28.9 Å². The predicted molar refractivity (Wildman–Crippen MR) is 78.2 cm³/mol. The Morgan fingerprint density at radius 1 is 1.21 bits per heavy atom. The molecule has 1 atom stereocenters. The van der Waals surface area contributed by atoms with E-state index >= 15 is 0 Å². The zero-order valence-corrected chi connectivity index (χ0v) is 12.2. The second kappa shape index (κ2) is 6.24. The van der Waals surface area contributed by atoms with Gasteiger partial charge in [0.25, 0.3) is 0 Å². The number of rotatable bonds is 4. The molecule has 0 spiro atoms. The molecule has 1 aromatic carbocycles. The summed E-state index contributed by atoms with van der Waals surface area (Å²) in [6.45, 7) is 0. The molecule has 1 unspecified atom stereocenters. The van der Waals surface area contributed by atoms with Gasteiger partial charge in [0, 0.05) is 6.20 Å². The molecule has 0 aliphatic carbocycles. The van der Waals surface area contributed by atoms with E-state index in [2.05, 4.69) is 10.3 Å². The third-order valence-electron chi connectivity index (χ3n) is 2.84. The highest BCUT2D eigenvalue weighted by atomic mass is 35.5. The fourth-order valence-electron chi connectivity index (χ4n) is 1.90. The van der Waals surface area contributed by atoms with Crippen molar-refractivity contribution in [2.24, 2.45) is 0 Å². The van der Waals surface area contributed by atoms with Crippen LogP contribution in [-0.2, 0) is 0 Å². The Balaban J connectivity index is 2.39. The number of methoxy groups -OCH3 is 1. The number of hydrogen-bond acceptors (Lipinski definition) is 3.